The Balaban J connectivity index is 2.26. The van der Waals surface area contributed by atoms with Crippen LogP contribution < -0.4 is 4.72 Å². The topological polar surface area (TPSA) is 66.5 Å². The van der Waals surface area contributed by atoms with E-state index >= 15 is 0 Å². The van der Waals surface area contributed by atoms with Crippen LogP contribution >= 0.6 is 0 Å². The van der Waals surface area contributed by atoms with Crippen LogP contribution in [0.4, 0.5) is 0 Å². The zero-order chi connectivity index (χ0) is 19.9. The molecule has 2 rings (SSSR count). The van der Waals surface area contributed by atoms with E-state index in [2.05, 4.69) is 4.72 Å². The zero-order valence-corrected chi connectivity index (χ0v) is 17.1. The number of nitrogens with one attached hydrogen (secondary N) is 1. The van der Waals surface area contributed by atoms with Crippen molar-refractivity contribution < 1.29 is 13.2 Å². The third kappa shape index (κ3) is 5.65. The van der Waals surface area contributed by atoms with Crippen LogP contribution in [0.1, 0.15) is 48.2 Å². The summed E-state index contributed by atoms with van der Waals surface area (Å²) in [6.07, 6.45) is 1.72. The number of rotatable bonds is 9. The van der Waals surface area contributed by atoms with Gasteiger partial charge in [0, 0.05) is 25.2 Å². The van der Waals surface area contributed by atoms with Crippen LogP contribution in [0.25, 0.3) is 0 Å². The Labute approximate surface area is 162 Å². The van der Waals surface area contributed by atoms with Crippen molar-refractivity contribution in [3.05, 3.63) is 65.2 Å². The summed E-state index contributed by atoms with van der Waals surface area (Å²) >= 11 is 0. The lowest BCUT2D eigenvalue weighted by Crippen LogP contribution is -2.33. The van der Waals surface area contributed by atoms with Gasteiger partial charge in [0.2, 0.25) is 10.0 Å². The second kappa shape index (κ2) is 9.67. The highest BCUT2D eigenvalue weighted by Crippen LogP contribution is 2.19. The van der Waals surface area contributed by atoms with Gasteiger partial charge in [0.25, 0.3) is 5.91 Å². The molecule has 0 saturated carbocycles. The van der Waals surface area contributed by atoms with Gasteiger partial charge in [0.1, 0.15) is 0 Å². The first kappa shape index (κ1) is 21.1. The maximum atomic E-state index is 12.8. The standard InChI is InChI=1S/C21H28N2O3S/c1-4-13-23(14-5-2)21(24)19-12-11-17(3)20(15-19)27(25,26)22-16-18-9-7-6-8-10-18/h6-12,15,22H,4-5,13-14,16H2,1-3H3. The number of sulfonamides is 1. The van der Waals surface area contributed by atoms with Gasteiger partial charge < -0.3 is 4.90 Å². The molecular weight excluding hydrogens is 360 g/mol. The summed E-state index contributed by atoms with van der Waals surface area (Å²) in [5.41, 5.74) is 1.90. The molecule has 2 aromatic rings. The van der Waals surface area contributed by atoms with E-state index in [-0.39, 0.29) is 17.3 Å². The van der Waals surface area contributed by atoms with Crippen LogP contribution in [0.5, 0.6) is 0 Å². The Morgan fingerprint density at radius 2 is 1.63 bits per heavy atom. The molecule has 1 amide bonds. The Morgan fingerprint density at radius 3 is 2.22 bits per heavy atom. The maximum absolute atomic E-state index is 12.8. The second-order valence-corrected chi connectivity index (χ2v) is 8.32. The highest BCUT2D eigenvalue weighted by molar-refractivity contribution is 7.89. The fraction of sp³-hybridized carbons (Fsp3) is 0.381. The van der Waals surface area contributed by atoms with E-state index in [1.165, 1.54) is 6.07 Å². The highest BCUT2D eigenvalue weighted by atomic mass is 32.2. The van der Waals surface area contributed by atoms with Crippen molar-refractivity contribution in [2.45, 2.75) is 45.1 Å². The summed E-state index contributed by atoms with van der Waals surface area (Å²) in [5, 5.41) is 0. The summed E-state index contributed by atoms with van der Waals surface area (Å²) in [7, 11) is -3.72. The number of carbonyl (C=O) groups excluding carboxylic acids is 1. The molecule has 0 fully saturated rings. The lowest BCUT2D eigenvalue weighted by Gasteiger charge is -2.22. The van der Waals surface area contributed by atoms with Gasteiger partial charge in [-0.05, 0) is 43.0 Å². The molecule has 0 aromatic heterocycles. The van der Waals surface area contributed by atoms with Gasteiger partial charge in [-0.3, -0.25) is 4.79 Å². The summed E-state index contributed by atoms with van der Waals surface area (Å²) < 4.78 is 28.2. The van der Waals surface area contributed by atoms with Gasteiger partial charge >= 0.3 is 0 Å². The van der Waals surface area contributed by atoms with Crippen LogP contribution in [0, 0.1) is 6.92 Å². The molecule has 0 saturated heterocycles. The van der Waals surface area contributed by atoms with E-state index in [4.69, 9.17) is 0 Å². The van der Waals surface area contributed by atoms with Gasteiger partial charge in [0.05, 0.1) is 4.90 Å². The minimum absolute atomic E-state index is 0.127. The number of carbonyl (C=O) groups is 1. The average Bonchev–Trinajstić information content (AvgIpc) is 2.67. The molecule has 2 aromatic carbocycles. The highest BCUT2D eigenvalue weighted by Gasteiger charge is 2.21. The first-order valence-electron chi connectivity index (χ1n) is 9.32. The van der Waals surface area contributed by atoms with Crippen LogP contribution in [0.15, 0.2) is 53.4 Å². The largest absolute Gasteiger partial charge is 0.339 e. The number of hydrogen-bond acceptors (Lipinski definition) is 3. The van der Waals surface area contributed by atoms with Crippen molar-refractivity contribution in [3.63, 3.8) is 0 Å². The fourth-order valence-corrected chi connectivity index (χ4v) is 4.20. The quantitative estimate of drug-likeness (QED) is 0.712. The average molecular weight is 389 g/mol. The molecule has 0 spiro atoms. The minimum Gasteiger partial charge on any atom is -0.339 e. The van der Waals surface area contributed by atoms with E-state index in [0.717, 1.165) is 18.4 Å². The van der Waals surface area contributed by atoms with Gasteiger partial charge in [-0.1, -0.05) is 50.2 Å². The Bertz CT molecular complexity index is 858. The number of amides is 1. The van der Waals surface area contributed by atoms with Crippen molar-refractivity contribution in [2.24, 2.45) is 0 Å². The summed E-state index contributed by atoms with van der Waals surface area (Å²) in [6, 6.07) is 14.2. The smallest absolute Gasteiger partial charge is 0.253 e. The van der Waals surface area contributed by atoms with Gasteiger partial charge in [0.15, 0.2) is 0 Å². The molecule has 1 N–H and O–H groups in total. The van der Waals surface area contributed by atoms with Gasteiger partial charge in [-0.15, -0.1) is 0 Å². The summed E-state index contributed by atoms with van der Waals surface area (Å²) in [5.74, 6) is -0.127. The van der Waals surface area contributed by atoms with Crippen molar-refractivity contribution >= 4 is 15.9 Å². The van der Waals surface area contributed by atoms with Crippen LogP contribution in [0.3, 0.4) is 0 Å². The van der Waals surface area contributed by atoms with Crippen molar-refractivity contribution in [1.29, 1.82) is 0 Å². The first-order valence-corrected chi connectivity index (χ1v) is 10.8. The minimum atomic E-state index is -3.72. The SMILES string of the molecule is CCCN(CCC)C(=O)c1ccc(C)c(S(=O)(=O)NCc2ccccc2)c1. The molecule has 0 bridgehead atoms. The fourth-order valence-electron chi connectivity index (χ4n) is 2.91. The van der Waals surface area contributed by atoms with Crippen LogP contribution in [0.2, 0.25) is 0 Å². The molecular formula is C21H28N2O3S. The zero-order valence-electron chi connectivity index (χ0n) is 16.2. The van der Waals surface area contributed by atoms with E-state index in [1.54, 1.807) is 24.0 Å². The van der Waals surface area contributed by atoms with Crippen molar-refractivity contribution in [1.82, 2.24) is 9.62 Å². The van der Waals surface area contributed by atoms with Crippen LogP contribution in [-0.4, -0.2) is 32.3 Å². The summed E-state index contributed by atoms with van der Waals surface area (Å²) in [4.78, 5) is 14.7. The van der Waals surface area contributed by atoms with E-state index in [9.17, 15) is 13.2 Å². The third-order valence-corrected chi connectivity index (χ3v) is 5.85. The predicted molar refractivity (Wildman–Crippen MR) is 108 cm³/mol. The molecule has 0 aliphatic heterocycles. The van der Waals surface area contributed by atoms with Crippen LogP contribution in [-0.2, 0) is 16.6 Å². The predicted octanol–water partition coefficient (Wildman–Crippen LogP) is 3.74. The normalized spacial score (nSPS) is 11.4. The first-order chi connectivity index (χ1) is 12.9. The van der Waals surface area contributed by atoms with Gasteiger partial charge in [-0.2, -0.15) is 0 Å². The molecule has 0 radical (unpaired) electrons. The van der Waals surface area contributed by atoms with E-state index < -0.39 is 10.0 Å². The number of benzene rings is 2. The molecule has 0 aliphatic rings. The molecule has 6 heteroatoms. The number of aryl methyl sites for hydroxylation is 1. The maximum Gasteiger partial charge on any atom is 0.253 e. The molecule has 0 atom stereocenters. The third-order valence-electron chi connectivity index (χ3n) is 4.31. The number of hydrogen-bond donors (Lipinski definition) is 1. The monoisotopic (exact) mass is 388 g/mol. The molecule has 0 heterocycles. The Morgan fingerprint density at radius 1 is 1.00 bits per heavy atom. The van der Waals surface area contributed by atoms with Crippen molar-refractivity contribution in [3.8, 4) is 0 Å². The molecule has 27 heavy (non-hydrogen) atoms. The molecule has 0 unspecified atom stereocenters. The Kier molecular flexibility index (Phi) is 7.56. The van der Waals surface area contributed by atoms with E-state index in [1.807, 2.05) is 44.2 Å². The molecule has 0 aliphatic carbocycles. The second-order valence-electron chi connectivity index (χ2n) is 6.58. The Hall–Kier alpha value is -2.18. The van der Waals surface area contributed by atoms with Crippen molar-refractivity contribution in [2.75, 3.05) is 13.1 Å². The summed E-state index contributed by atoms with van der Waals surface area (Å²) in [6.45, 7) is 7.31. The van der Waals surface area contributed by atoms with E-state index in [0.29, 0.717) is 24.2 Å². The molecule has 146 valence electrons. The van der Waals surface area contributed by atoms with Gasteiger partial charge in [-0.25, -0.2) is 13.1 Å². The molecule has 5 nitrogen and oxygen atoms in total. The lowest BCUT2D eigenvalue weighted by atomic mass is 10.1. The number of nitrogens with zero attached hydrogens (tertiary/aromatic N) is 1. The lowest BCUT2D eigenvalue weighted by molar-refractivity contribution is 0.0755.